The van der Waals surface area contributed by atoms with Crippen molar-refractivity contribution in [3.8, 4) is 6.19 Å². The molecule has 0 amide bonds. The smallest absolute Gasteiger partial charge is 0.191 e. The molecule has 0 bridgehead atoms. The lowest BCUT2D eigenvalue weighted by Crippen LogP contribution is -2.41. The van der Waals surface area contributed by atoms with Crippen LogP contribution in [0.25, 0.3) is 0 Å². The van der Waals surface area contributed by atoms with Crippen molar-refractivity contribution in [1.29, 1.82) is 5.26 Å². The van der Waals surface area contributed by atoms with E-state index in [2.05, 4.69) is 58.8 Å². The molecule has 0 aliphatic heterocycles. The molecular weight excluding hydrogens is 288 g/mol. The molecule has 1 rings (SSSR count). The number of nitriles is 1. The molecule has 0 heterocycles. The third-order valence-electron chi connectivity index (χ3n) is 4.34. The summed E-state index contributed by atoms with van der Waals surface area (Å²) in [6, 6.07) is 8.10. The highest BCUT2D eigenvalue weighted by Gasteiger charge is 2.36. The van der Waals surface area contributed by atoms with Gasteiger partial charge in [-0.25, -0.2) is 0 Å². The fourth-order valence-electron chi connectivity index (χ4n) is 1.82. The van der Waals surface area contributed by atoms with Crippen LogP contribution < -0.4 is 4.90 Å². The van der Waals surface area contributed by atoms with Gasteiger partial charge in [0.1, 0.15) is 0 Å². The molecule has 0 atom stereocenters. The van der Waals surface area contributed by atoms with E-state index in [9.17, 15) is 0 Å². The van der Waals surface area contributed by atoms with Crippen molar-refractivity contribution in [3.05, 3.63) is 42.5 Å². The summed E-state index contributed by atoms with van der Waals surface area (Å²) in [6.07, 6.45) is 4.79. The van der Waals surface area contributed by atoms with Crippen LogP contribution in [0.1, 0.15) is 26.3 Å². The molecule has 0 radical (unpaired) electrons. The van der Waals surface area contributed by atoms with E-state index in [0.29, 0.717) is 6.54 Å². The normalized spacial score (nSPS) is 11.8. The minimum Gasteiger partial charge on any atom is -0.416 e. The first-order chi connectivity index (χ1) is 10.2. The summed E-state index contributed by atoms with van der Waals surface area (Å²) in [5, 5.41) is 9.34. The summed E-state index contributed by atoms with van der Waals surface area (Å²) in [4.78, 5) is 1.61. The number of nitrogens with zero attached hydrogens (tertiary/aromatic N) is 2. The first-order valence-corrected chi connectivity index (χ1v) is 10.6. The Morgan fingerprint density at radius 2 is 1.86 bits per heavy atom. The maximum absolute atomic E-state index is 9.10. The van der Waals surface area contributed by atoms with Crippen molar-refractivity contribution in [2.45, 2.75) is 45.3 Å². The van der Waals surface area contributed by atoms with Gasteiger partial charge in [0, 0.05) is 6.61 Å². The predicted molar refractivity (Wildman–Crippen MR) is 96.5 cm³/mol. The van der Waals surface area contributed by atoms with Crippen LogP contribution >= 0.6 is 0 Å². The third kappa shape index (κ3) is 5.01. The molecule has 0 aliphatic carbocycles. The van der Waals surface area contributed by atoms with Crippen LogP contribution in [-0.4, -0.2) is 21.5 Å². The Morgan fingerprint density at radius 3 is 2.32 bits per heavy atom. The molecule has 4 heteroatoms. The van der Waals surface area contributed by atoms with Crippen LogP contribution in [0.4, 0.5) is 5.69 Å². The monoisotopic (exact) mass is 316 g/mol. The Kier molecular flexibility index (Phi) is 6.40. The fourth-order valence-corrected chi connectivity index (χ4v) is 2.86. The first kappa shape index (κ1) is 18.5. The fraction of sp³-hybridized carbons (Fsp3) is 0.500. The van der Waals surface area contributed by atoms with Gasteiger partial charge in [-0.3, -0.25) is 4.90 Å². The molecule has 0 saturated heterocycles. The van der Waals surface area contributed by atoms with Gasteiger partial charge < -0.3 is 4.43 Å². The lowest BCUT2D eigenvalue weighted by atomic mass is 10.1. The highest BCUT2D eigenvalue weighted by atomic mass is 28.4. The largest absolute Gasteiger partial charge is 0.416 e. The van der Waals surface area contributed by atoms with Gasteiger partial charge in [0.05, 0.1) is 12.2 Å². The van der Waals surface area contributed by atoms with Crippen LogP contribution in [-0.2, 0) is 10.8 Å². The van der Waals surface area contributed by atoms with Gasteiger partial charge in [-0.15, -0.1) is 6.58 Å². The molecule has 0 aromatic heterocycles. The lowest BCUT2D eigenvalue weighted by molar-refractivity contribution is 0.292. The average molecular weight is 317 g/mol. The lowest BCUT2D eigenvalue weighted by Gasteiger charge is -2.36. The standard InChI is InChI=1S/C18H28N2OSi/c1-7-13-20(15-19)17-10-8-16(9-11-17)12-14-21-22(5,6)18(2,3)4/h7-11H,1,12-14H2,2-6H3. The quantitative estimate of drug-likeness (QED) is 0.316. The van der Waals surface area contributed by atoms with Gasteiger partial charge in [-0.05, 0) is 42.2 Å². The van der Waals surface area contributed by atoms with Crippen LogP contribution in [0.15, 0.2) is 36.9 Å². The zero-order valence-corrected chi connectivity index (χ0v) is 15.5. The van der Waals surface area contributed by atoms with E-state index >= 15 is 0 Å². The average Bonchev–Trinajstić information content (AvgIpc) is 2.44. The van der Waals surface area contributed by atoms with E-state index < -0.39 is 8.32 Å². The molecular formula is C18H28N2OSi. The molecule has 3 nitrogen and oxygen atoms in total. The van der Waals surface area contributed by atoms with Crippen LogP contribution in [0.3, 0.4) is 0 Å². The molecule has 0 unspecified atom stereocenters. The van der Waals surface area contributed by atoms with E-state index in [1.807, 2.05) is 12.1 Å². The summed E-state index contributed by atoms with van der Waals surface area (Å²) in [5.41, 5.74) is 2.13. The van der Waals surface area contributed by atoms with Crippen LogP contribution in [0.5, 0.6) is 0 Å². The molecule has 0 fully saturated rings. The second-order valence-corrected chi connectivity index (χ2v) is 11.8. The summed E-state index contributed by atoms with van der Waals surface area (Å²) in [6.45, 7) is 16.3. The van der Waals surface area contributed by atoms with Crippen molar-refractivity contribution < 1.29 is 4.43 Å². The van der Waals surface area contributed by atoms with Gasteiger partial charge in [0.2, 0.25) is 0 Å². The van der Waals surface area contributed by atoms with Gasteiger partial charge in [0.15, 0.2) is 14.5 Å². The zero-order valence-electron chi connectivity index (χ0n) is 14.5. The molecule has 22 heavy (non-hydrogen) atoms. The highest BCUT2D eigenvalue weighted by molar-refractivity contribution is 6.74. The Morgan fingerprint density at radius 1 is 1.27 bits per heavy atom. The van der Waals surface area contributed by atoms with Crippen molar-refractivity contribution >= 4 is 14.0 Å². The topological polar surface area (TPSA) is 36.3 Å². The summed E-state index contributed by atoms with van der Waals surface area (Å²) < 4.78 is 6.20. The Hall–Kier alpha value is -1.57. The summed E-state index contributed by atoms with van der Waals surface area (Å²) in [5.74, 6) is 0. The van der Waals surface area contributed by atoms with Gasteiger partial charge >= 0.3 is 0 Å². The molecule has 0 N–H and O–H groups in total. The Bertz CT molecular complexity index is 524. The molecule has 1 aromatic carbocycles. The third-order valence-corrected chi connectivity index (χ3v) is 8.88. The number of hydrogen-bond acceptors (Lipinski definition) is 3. The number of rotatable bonds is 7. The Balaban J connectivity index is 2.59. The van der Waals surface area contributed by atoms with E-state index in [-0.39, 0.29) is 5.04 Å². The number of benzene rings is 1. The first-order valence-electron chi connectivity index (χ1n) is 7.72. The molecule has 1 aromatic rings. The molecule has 0 aliphatic rings. The highest BCUT2D eigenvalue weighted by Crippen LogP contribution is 2.36. The van der Waals surface area contributed by atoms with E-state index in [1.54, 1.807) is 11.0 Å². The SMILES string of the molecule is C=CCN(C#N)c1ccc(CCO[Si](C)(C)C(C)(C)C)cc1. The van der Waals surface area contributed by atoms with Crippen molar-refractivity contribution in [2.24, 2.45) is 0 Å². The van der Waals surface area contributed by atoms with Gasteiger partial charge in [-0.2, -0.15) is 5.26 Å². The maximum Gasteiger partial charge on any atom is 0.191 e. The van der Waals surface area contributed by atoms with Crippen LogP contribution in [0.2, 0.25) is 18.1 Å². The van der Waals surface area contributed by atoms with Crippen molar-refractivity contribution in [2.75, 3.05) is 18.1 Å². The van der Waals surface area contributed by atoms with Gasteiger partial charge in [0.25, 0.3) is 0 Å². The summed E-state index contributed by atoms with van der Waals surface area (Å²) in [7, 11) is -1.67. The predicted octanol–water partition coefficient (Wildman–Crippen LogP) is 4.72. The minimum absolute atomic E-state index is 0.245. The number of anilines is 1. The van der Waals surface area contributed by atoms with E-state index in [4.69, 9.17) is 9.69 Å². The zero-order chi connectivity index (χ0) is 16.8. The summed E-state index contributed by atoms with van der Waals surface area (Å²) >= 11 is 0. The minimum atomic E-state index is -1.67. The molecule has 0 saturated carbocycles. The van der Waals surface area contributed by atoms with Crippen molar-refractivity contribution in [3.63, 3.8) is 0 Å². The van der Waals surface area contributed by atoms with Crippen LogP contribution in [0, 0.1) is 11.5 Å². The number of hydrogen-bond donors (Lipinski definition) is 0. The molecule has 120 valence electrons. The van der Waals surface area contributed by atoms with Gasteiger partial charge in [-0.1, -0.05) is 39.0 Å². The van der Waals surface area contributed by atoms with E-state index in [0.717, 1.165) is 18.7 Å². The second-order valence-electron chi connectivity index (χ2n) is 7.02. The maximum atomic E-state index is 9.10. The molecule has 0 spiro atoms. The van der Waals surface area contributed by atoms with E-state index in [1.165, 1.54) is 5.56 Å². The Labute approximate surface area is 136 Å². The second kappa shape index (κ2) is 7.62. The van der Waals surface area contributed by atoms with Crippen molar-refractivity contribution in [1.82, 2.24) is 0 Å².